The van der Waals surface area contributed by atoms with Crippen LogP contribution in [0.5, 0.6) is 0 Å². The third kappa shape index (κ3) is 14.2. The Balaban J connectivity index is 5.25. The van der Waals surface area contributed by atoms with Crippen molar-refractivity contribution in [2.75, 3.05) is 13.2 Å². The Bertz CT molecular complexity index is 636. The summed E-state index contributed by atoms with van der Waals surface area (Å²) in [5.74, 6) is -2.15. The van der Waals surface area contributed by atoms with Crippen LogP contribution in [0.2, 0.25) is 0 Å². The number of Topliss-reactive ketones (excluding diaryl/α,β-unsaturated/α-hetero) is 2. The van der Waals surface area contributed by atoms with Crippen molar-refractivity contribution in [2.45, 2.75) is 167 Å². The Kier molecular flexibility index (Phi) is 21.7. The number of aliphatic hydroxyl groups excluding tert-OH is 1. The smallest absolute Gasteiger partial charge is 0.305 e. The highest BCUT2D eigenvalue weighted by Crippen LogP contribution is 2.30. The molecular weight excluding hydrogens is 484 g/mol. The van der Waals surface area contributed by atoms with Crippen molar-refractivity contribution in [1.29, 1.82) is 0 Å². The molecule has 38 heavy (non-hydrogen) atoms. The molecule has 2 atom stereocenters. The fraction of sp³-hybridized carbons (Fsp3) is 0.903. The zero-order chi connectivity index (χ0) is 28.7. The number of carbonyl (C=O) groups is 3. The average Bonchev–Trinajstić information content (AvgIpc) is 2.92. The minimum atomic E-state index is -2.71. The number of rotatable bonds is 27. The minimum absolute atomic E-state index is 0.0653. The van der Waals surface area contributed by atoms with E-state index in [-0.39, 0.29) is 19.3 Å². The average molecular weight is 543 g/mol. The summed E-state index contributed by atoms with van der Waals surface area (Å²) in [4.78, 5) is 38.7. The first-order chi connectivity index (χ1) is 18.2. The zero-order valence-corrected chi connectivity index (χ0v) is 24.7. The monoisotopic (exact) mass is 542 g/mol. The van der Waals surface area contributed by atoms with E-state index in [1.54, 1.807) is 0 Å². The predicted molar refractivity (Wildman–Crippen MR) is 152 cm³/mol. The number of aliphatic hydroxyl groups is 3. The third-order valence-corrected chi connectivity index (χ3v) is 7.53. The maximum Gasteiger partial charge on any atom is 0.305 e. The summed E-state index contributed by atoms with van der Waals surface area (Å²) in [7, 11) is 0. The van der Waals surface area contributed by atoms with E-state index >= 15 is 0 Å². The summed E-state index contributed by atoms with van der Waals surface area (Å²) in [6, 6.07) is 0. The number of ketones is 2. The number of esters is 1. The van der Waals surface area contributed by atoms with Crippen molar-refractivity contribution < 1.29 is 34.4 Å². The summed E-state index contributed by atoms with van der Waals surface area (Å²) in [6.07, 6.45) is 17.0. The molecule has 0 heterocycles. The lowest BCUT2D eigenvalue weighted by molar-refractivity contribution is -0.204. The molecule has 0 amide bonds. The van der Waals surface area contributed by atoms with Gasteiger partial charge < -0.3 is 20.1 Å². The molecule has 0 saturated heterocycles. The van der Waals surface area contributed by atoms with Crippen LogP contribution in [0.4, 0.5) is 0 Å². The molecule has 224 valence electrons. The van der Waals surface area contributed by atoms with Gasteiger partial charge >= 0.3 is 5.97 Å². The Morgan fingerprint density at radius 2 is 0.868 bits per heavy atom. The van der Waals surface area contributed by atoms with Crippen LogP contribution < -0.4 is 0 Å². The number of hydrogen-bond acceptors (Lipinski definition) is 7. The topological polar surface area (TPSA) is 121 Å². The summed E-state index contributed by atoms with van der Waals surface area (Å²) in [6.45, 7) is 4.42. The van der Waals surface area contributed by atoms with Gasteiger partial charge in [0.1, 0.15) is 6.61 Å². The number of unbranched alkanes of at least 4 members (excludes halogenated alkanes) is 15. The van der Waals surface area contributed by atoms with Gasteiger partial charge in [-0.2, -0.15) is 0 Å². The molecule has 0 aliphatic heterocycles. The molecule has 0 saturated carbocycles. The second kappa shape index (κ2) is 22.5. The molecule has 0 rings (SSSR count). The molecule has 0 aromatic carbocycles. The molecule has 2 unspecified atom stereocenters. The zero-order valence-electron chi connectivity index (χ0n) is 24.7. The summed E-state index contributed by atoms with van der Waals surface area (Å²) in [5, 5.41) is 32.7. The lowest BCUT2D eigenvalue weighted by atomic mass is 9.75. The van der Waals surface area contributed by atoms with Gasteiger partial charge in [0, 0.05) is 19.3 Å². The largest absolute Gasteiger partial charge is 0.462 e. The third-order valence-electron chi connectivity index (χ3n) is 7.53. The van der Waals surface area contributed by atoms with Crippen LogP contribution in [-0.2, 0) is 19.1 Å². The first-order valence-electron chi connectivity index (χ1n) is 15.5. The van der Waals surface area contributed by atoms with Crippen molar-refractivity contribution in [1.82, 2.24) is 0 Å². The molecule has 0 aromatic rings. The Morgan fingerprint density at radius 1 is 0.526 bits per heavy atom. The van der Waals surface area contributed by atoms with E-state index in [4.69, 9.17) is 4.74 Å². The first kappa shape index (κ1) is 36.7. The van der Waals surface area contributed by atoms with Crippen LogP contribution >= 0.6 is 0 Å². The van der Waals surface area contributed by atoms with Gasteiger partial charge in [-0.15, -0.1) is 0 Å². The van der Waals surface area contributed by atoms with Gasteiger partial charge in [0.2, 0.25) is 0 Å². The summed E-state index contributed by atoms with van der Waals surface area (Å²) < 4.78 is 5.25. The number of hydrogen-bond donors (Lipinski definition) is 3. The highest BCUT2D eigenvalue weighted by Gasteiger charge is 2.59. The molecule has 0 aromatic heterocycles. The molecule has 0 radical (unpaired) electrons. The Morgan fingerprint density at radius 3 is 1.26 bits per heavy atom. The molecule has 0 aliphatic rings. The number of carbonyl (C=O) groups excluding carboxylic acids is 3. The van der Waals surface area contributed by atoms with E-state index in [9.17, 15) is 29.7 Å². The van der Waals surface area contributed by atoms with E-state index in [1.807, 2.05) is 0 Å². The molecule has 0 fully saturated rings. The Labute approximate surface area is 232 Å². The molecule has 3 N–H and O–H groups in total. The quantitative estimate of drug-likeness (QED) is 0.0814. The van der Waals surface area contributed by atoms with Gasteiger partial charge in [0.05, 0.1) is 6.61 Å². The predicted octanol–water partition coefficient (Wildman–Crippen LogP) is 6.37. The van der Waals surface area contributed by atoms with Gasteiger partial charge in [0.25, 0.3) is 0 Å². The van der Waals surface area contributed by atoms with Crippen LogP contribution in [0.3, 0.4) is 0 Å². The summed E-state index contributed by atoms with van der Waals surface area (Å²) >= 11 is 0. The van der Waals surface area contributed by atoms with Gasteiger partial charge in [-0.25, -0.2) is 0 Å². The molecule has 7 heteroatoms. The second-order valence-electron chi connectivity index (χ2n) is 10.9. The van der Waals surface area contributed by atoms with Crippen molar-refractivity contribution >= 4 is 17.5 Å². The van der Waals surface area contributed by atoms with Gasteiger partial charge in [-0.1, -0.05) is 117 Å². The fourth-order valence-electron chi connectivity index (χ4n) is 4.73. The second-order valence-corrected chi connectivity index (χ2v) is 10.9. The minimum Gasteiger partial charge on any atom is -0.462 e. The maximum absolute atomic E-state index is 13.2. The molecule has 0 aliphatic carbocycles. The normalized spacial score (nSPS) is 14.6. The highest BCUT2D eigenvalue weighted by atomic mass is 16.5. The van der Waals surface area contributed by atoms with Crippen LogP contribution in [-0.4, -0.2) is 57.3 Å². The van der Waals surface area contributed by atoms with Crippen LogP contribution in [0.1, 0.15) is 156 Å². The first-order valence-corrected chi connectivity index (χ1v) is 15.5. The van der Waals surface area contributed by atoms with E-state index < -0.39 is 42.0 Å². The van der Waals surface area contributed by atoms with Crippen LogP contribution in [0.25, 0.3) is 0 Å². The highest BCUT2D eigenvalue weighted by molar-refractivity contribution is 5.99. The lowest BCUT2D eigenvalue weighted by Crippen LogP contribution is -2.68. The van der Waals surface area contributed by atoms with E-state index in [1.165, 1.54) is 0 Å². The van der Waals surface area contributed by atoms with Gasteiger partial charge in [-0.05, 0) is 19.3 Å². The number of ether oxygens (including phenoxy) is 1. The molecular formula is C31H58O7. The van der Waals surface area contributed by atoms with Gasteiger partial charge in [0.15, 0.2) is 22.8 Å². The lowest BCUT2D eigenvalue weighted by Gasteiger charge is -2.39. The van der Waals surface area contributed by atoms with E-state index in [0.717, 1.165) is 96.3 Å². The summed E-state index contributed by atoms with van der Waals surface area (Å²) in [5.41, 5.74) is -5.39. The van der Waals surface area contributed by atoms with E-state index in [0.29, 0.717) is 19.3 Å². The molecule has 0 bridgehead atoms. The molecule has 7 nitrogen and oxygen atoms in total. The standard InChI is InChI=1S/C31H58O7/c1-4-7-10-13-16-19-22-27(33)30(36,25-32)31(37,28(34)23-20-17-14-11-8-5-2)26-38-29(35)24-21-18-15-12-9-6-3/h32,36-37H,4-26H2,1-3H3. The van der Waals surface area contributed by atoms with E-state index in [2.05, 4.69) is 20.8 Å². The van der Waals surface area contributed by atoms with Crippen molar-refractivity contribution in [2.24, 2.45) is 0 Å². The molecule has 0 spiro atoms. The maximum atomic E-state index is 13.2. The Hall–Kier alpha value is -1.31. The SMILES string of the molecule is CCCCCCCCC(=O)OCC(O)(C(=O)CCCCCCCC)C(O)(CO)C(=O)CCCCCCCC. The van der Waals surface area contributed by atoms with Crippen molar-refractivity contribution in [3.8, 4) is 0 Å². The van der Waals surface area contributed by atoms with Gasteiger partial charge in [-0.3, -0.25) is 14.4 Å². The van der Waals surface area contributed by atoms with Crippen molar-refractivity contribution in [3.05, 3.63) is 0 Å². The fourth-order valence-corrected chi connectivity index (χ4v) is 4.73. The van der Waals surface area contributed by atoms with Crippen LogP contribution in [0.15, 0.2) is 0 Å². The van der Waals surface area contributed by atoms with Crippen molar-refractivity contribution in [3.63, 3.8) is 0 Å². The van der Waals surface area contributed by atoms with Crippen LogP contribution in [0, 0.1) is 0 Å².